The number of hydrogen-bond donors (Lipinski definition) is 1. The molecule has 3 rings (SSSR count). The van der Waals surface area contributed by atoms with E-state index in [0.29, 0.717) is 19.7 Å². The van der Waals surface area contributed by atoms with E-state index in [-0.39, 0.29) is 42.5 Å². The quantitative estimate of drug-likeness (QED) is 0.741. The fraction of sp³-hybridized carbons (Fsp3) is 0.647. The highest BCUT2D eigenvalue weighted by molar-refractivity contribution is 7.88. The van der Waals surface area contributed by atoms with Crippen molar-refractivity contribution >= 4 is 15.9 Å². The first-order valence-electron chi connectivity index (χ1n) is 8.82. The molecule has 0 saturated carbocycles. The highest BCUT2D eigenvalue weighted by atomic mass is 32.2. The van der Waals surface area contributed by atoms with Gasteiger partial charge in [-0.15, -0.1) is 0 Å². The molecule has 3 heterocycles. The number of nitrogens with zero attached hydrogens (tertiary/aromatic N) is 2. The normalized spacial score (nSPS) is 25.5. The Morgan fingerprint density at radius 1 is 1.35 bits per heavy atom. The summed E-state index contributed by atoms with van der Waals surface area (Å²) in [5.74, 6) is -0.272. The van der Waals surface area contributed by atoms with Crippen molar-refractivity contribution < 1.29 is 17.9 Å². The van der Waals surface area contributed by atoms with Crippen molar-refractivity contribution in [3.8, 4) is 0 Å². The monoisotopic (exact) mass is 383 g/mol. The van der Waals surface area contributed by atoms with Gasteiger partial charge in [-0.2, -0.15) is 0 Å². The standard InChI is InChI=1S/C17H25N3O5S/c1-3-25-11-16(21)18-8-15-13-7-12(9-19(10-13)26(2,23)24)14-5-4-6-17(22)20(14)15/h4-6,12-13,15H,3,7-11H2,1-2H3,(H,18,21)/t12-,13+,15+/m1/s1. The largest absolute Gasteiger partial charge is 0.372 e. The van der Waals surface area contributed by atoms with Crippen molar-refractivity contribution in [3.05, 3.63) is 34.2 Å². The van der Waals surface area contributed by atoms with Gasteiger partial charge in [-0.25, -0.2) is 12.7 Å². The van der Waals surface area contributed by atoms with Crippen molar-refractivity contribution in [1.82, 2.24) is 14.2 Å². The summed E-state index contributed by atoms with van der Waals surface area (Å²) >= 11 is 0. The van der Waals surface area contributed by atoms with E-state index in [9.17, 15) is 18.0 Å². The molecule has 0 radical (unpaired) electrons. The number of fused-ring (bicyclic) bond motifs is 4. The van der Waals surface area contributed by atoms with Gasteiger partial charge in [0.25, 0.3) is 5.56 Å². The third-order valence-corrected chi connectivity index (χ3v) is 6.42. The van der Waals surface area contributed by atoms with E-state index in [1.165, 1.54) is 16.6 Å². The van der Waals surface area contributed by atoms with Gasteiger partial charge in [0, 0.05) is 43.9 Å². The van der Waals surface area contributed by atoms with Crippen LogP contribution in [0.15, 0.2) is 23.0 Å². The highest BCUT2D eigenvalue weighted by Gasteiger charge is 2.42. The maximum absolute atomic E-state index is 12.5. The van der Waals surface area contributed by atoms with E-state index in [4.69, 9.17) is 4.74 Å². The SMILES string of the molecule is CCOCC(=O)NC[C@H]1[C@H]2C[C@H](CN(S(C)(=O)=O)C2)c2cccc(=O)n21. The molecule has 1 aromatic rings. The number of aromatic nitrogens is 1. The fourth-order valence-corrected chi connectivity index (χ4v) is 4.91. The van der Waals surface area contributed by atoms with Crippen LogP contribution in [0.1, 0.15) is 31.0 Å². The minimum absolute atomic E-state index is 0.00671. The van der Waals surface area contributed by atoms with E-state index in [1.807, 2.05) is 13.0 Å². The molecule has 2 bridgehead atoms. The van der Waals surface area contributed by atoms with E-state index in [2.05, 4.69) is 5.32 Å². The van der Waals surface area contributed by atoms with E-state index in [1.54, 1.807) is 10.6 Å². The van der Waals surface area contributed by atoms with Crippen LogP contribution in [0.3, 0.4) is 0 Å². The van der Waals surface area contributed by atoms with Crippen LogP contribution in [-0.2, 0) is 19.6 Å². The van der Waals surface area contributed by atoms with Gasteiger partial charge in [0.15, 0.2) is 0 Å². The van der Waals surface area contributed by atoms with Gasteiger partial charge < -0.3 is 14.6 Å². The van der Waals surface area contributed by atoms with Crippen LogP contribution in [-0.4, -0.2) is 62.3 Å². The Balaban J connectivity index is 1.89. The van der Waals surface area contributed by atoms with Crippen molar-refractivity contribution in [3.63, 3.8) is 0 Å². The van der Waals surface area contributed by atoms with Crippen molar-refractivity contribution in [2.75, 3.05) is 39.1 Å². The van der Waals surface area contributed by atoms with Crippen LogP contribution >= 0.6 is 0 Å². The summed E-state index contributed by atoms with van der Waals surface area (Å²) in [6.45, 7) is 3.27. The summed E-state index contributed by atoms with van der Waals surface area (Å²) in [5.41, 5.74) is 0.722. The smallest absolute Gasteiger partial charge is 0.251 e. The molecule has 0 aliphatic carbocycles. The number of sulfonamides is 1. The second-order valence-corrected chi connectivity index (χ2v) is 8.92. The highest BCUT2D eigenvalue weighted by Crippen LogP contribution is 2.41. The van der Waals surface area contributed by atoms with Gasteiger partial charge >= 0.3 is 0 Å². The number of rotatable bonds is 6. The Kier molecular flexibility index (Phi) is 5.50. The molecule has 144 valence electrons. The van der Waals surface area contributed by atoms with Crippen LogP contribution in [0.25, 0.3) is 0 Å². The van der Waals surface area contributed by atoms with Gasteiger partial charge in [-0.05, 0) is 25.3 Å². The first kappa shape index (κ1) is 19.1. The lowest BCUT2D eigenvalue weighted by molar-refractivity contribution is -0.125. The molecule has 1 fully saturated rings. The molecular formula is C17H25N3O5S. The average molecular weight is 383 g/mol. The number of piperidine rings is 1. The van der Waals surface area contributed by atoms with Crippen LogP contribution in [0.5, 0.6) is 0 Å². The maximum atomic E-state index is 12.5. The molecule has 9 heteroatoms. The number of amides is 1. The molecule has 0 aromatic carbocycles. The van der Waals surface area contributed by atoms with Gasteiger partial charge in [-0.3, -0.25) is 9.59 Å². The molecule has 1 N–H and O–H groups in total. The lowest BCUT2D eigenvalue weighted by Gasteiger charge is -2.46. The van der Waals surface area contributed by atoms with Crippen molar-refractivity contribution in [1.29, 1.82) is 0 Å². The number of pyridine rings is 1. The van der Waals surface area contributed by atoms with E-state index >= 15 is 0 Å². The molecular weight excluding hydrogens is 358 g/mol. The molecule has 0 spiro atoms. The molecule has 8 nitrogen and oxygen atoms in total. The fourth-order valence-electron chi connectivity index (χ4n) is 4.00. The lowest BCUT2D eigenvalue weighted by atomic mass is 9.79. The van der Waals surface area contributed by atoms with Gasteiger partial charge in [0.2, 0.25) is 15.9 Å². The Morgan fingerprint density at radius 2 is 2.12 bits per heavy atom. The zero-order chi connectivity index (χ0) is 18.9. The Morgan fingerprint density at radius 3 is 2.81 bits per heavy atom. The topological polar surface area (TPSA) is 97.7 Å². The first-order valence-corrected chi connectivity index (χ1v) is 10.7. The molecule has 2 aliphatic heterocycles. The third-order valence-electron chi connectivity index (χ3n) is 5.18. The summed E-state index contributed by atoms with van der Waals surface area (Å²) < 4.78 is 32.4. The van der Waals surface area contributed by atoms with Crippen LogP contribution in [0.2, 0.25) is 0 Å². The second kappa shape index (κ2) is 7.50. The summed E-state index contributed by atoms with van der Waals surface area (Å²) in [4.78, 5) is 24.4. The Hall–Kier alpha value is -1.71. The van der Waals surface area contributed by atoms with Gasteiger partial charge in [0.1, 0.15) is 6.61 Å². The Bertz CT molecular complexity index is 835. The predicted molar refractivity (Wildman–Crippen MR) is 96.5 cm³/mol. The number of carbonyl (C=O) groups excluding carboxylic acids is 1. The van der Waals surface area contributed by atoms with Crippen LogP contribution < -0.4 is 10.9 Å². The second-order valence-electron chi connectivity index (χ2n) is 6.94. The van der Waals surface area contributed by atoms with Gasteiger partial charge in [-0.1, -0.05) is 6.07 Å². The molecule has 0 unspecified atom stereocenters. The molecule has 1 aromatic heterocycles. The predicted octanol–water partition coefficient (Wildman–Crippen LogP) is -0.0792. The molecule has 2 aliphatic rings. The maximum Gasteiger partial charge on any atom is 0.251 e. The van der Waals surface area contributed by atoms with Crippen molar-refractivity contribution in [2.45, 2.75) is 25.3 Å². The summed E-state index contributed by atoms with van der Waals surface area (Å²) in [7, 11) is -3.31. The molecule has 26 heavy (non-hydrogen) atoms. The summed E-state index contributed by atoms with van der Waals surface area (Å²) in [6, 6.07) is 4.82. The molecule has 1 saturated heterocycles. The number of nitrogens with one attached hydrogen (secondary N) is 1. The molecule has 3 atom stereocenters. The first-order chi connectivity index (χ1) is 12.3. The zero-order valence-electron chi connectivity index (χ0n) is 15.1. The molecule has 1 amide bonds. The minimum atomic E-state index is -3.31. The average Bonchev–Trinajstić information content (AvgIpc) is 2.59. The number of carbonyl (C=O) groups is 1. The Labute approximate surface area is 153 Å². The van der Waals surface area contributed by atoms with Crippen LogP contribution in [0, 0.1) is 5.92 Å². The minimum Gasteiger partial charge on any atom is -0.372 e. The lowest BCUT2D eigenvalue weighted by Crippen LogP contribution is -2.53. The summed E-state index contributed by atoms with van der Waals surface area (Å²) in [6.07, 6.45) is 2.02. The number of hydrogen-bond acceptors (Lipinski definition) is 5. The van der Waals surface area contributed by atoms with E-state index in [0.717, 1.165) is 12.1 Å². The zero-order valence-corrected chi connectivity index (χ0v) is 15.9. The summed E-state index contributed by atoms with van der Waals surface area (Å²) in [5, 5.41) is 2.82. The van der Waals surface area contributed by atoms with Crippen molar-refractivity contribution in [2.24, 2.45) is 5.92 Å². The van der Waals surface area contributed by atoms with E-state index < -0.39 is 10.0 Å². The van der Waals surface area contributed by atoms with Gasteiger partial charge in [0.05, 0.1) is 12.3 Å². The number of ether oxygens (including phenoxy) is 1. The third kappa shape index (κ3) is 3.84. The van der Waals surface area contributed by atoms with Crippen LogP contribution in [0.4, 0.5) is 0 Å².